The van der Waals surface area contributed by atoms with E-state index in [1.165, 1.54) is 19.2 Å². The minimum absolute atomic E-state index is 0.0233. The molecule has 8 heteroatoms. The number of benzene rings is 3. The summed E-state index contributed by atoms with van der Waals surface area (Å²) in [4.78, 5) is 35.6. The monoisotopic (exact) mass is 420 g/mol. The number of para-hydroxylation sites is 1. The summed E-state index contributed by atoms with van der Waals surface area (Å²) in [7, 11) is 1.44. The van der Waals surface area contributed by atoms with E-state index < -0.39 is 23.3 Å². The van der Waals surface area contributed by atoms with Gasteiger partial charge < -0.3 is 14.8 Å². The van der Waals surface area contributed by atoms with E-state index in [2.05, 4.69) is 5.32 Å². The van der Waals surface area contributed by atoms with Gasteiger partial charge in [0.2, 0.25) is 5.78 Å². The molecule has 0 fully saturated rings. The molecule has 1 N–H and O–H groups in total. The lowest BCUT2D eigenvalue weighted by Gasteiger charge is -2.10. The summed E-state index contributed by atoms with van der Waals surface area (Å²) in [6.45, 7) is -0.125. The number of nitrogens with one attached hydrogen (secondary N) is 1. The minimum Gasteiger partial charge on any atom is -0.496 e. The number of nitro benzene ring substituents is 1. The second kappa shape index (κ2) is 10.0. The molecule has 3 rings (SSSR count). The van der Waals surface area contributed by atoms with Crippen LogP contribution in [-0.4, -0.2) is 30.4 Å². The van der Waals surface area contributed by atoms with E-state index >= 15 is 0 Å². The average molecular weight is 420 g/mol. The van der Waals surface area contributed by atoms with Gasteiger partial charge in [-0.3, -0.25) is 14.9 Å². The molecule has 3 aromatic carbocycles. The van der Waals surface area contributed by atoms with E-state index in [-0.39, 0.29) is 22.5 Å². The zero-order valence-corrected chi connectivity index (χ0v) is 16.7. The Morgan fingerprint density at radius 1 is 1.00 bits per heavy atom. The minimum atomic E-state index is -0.832. The normalized spacial score (nSPS) is 10.2. The maximum Gasteiger partial charge on any atom is 0.338 e. The summed E-state index contributed by atoms with van der Waals surface area (Å²) in [6, 6.07) is 20.0. The van der Waals surface area contributed by atoms with Gasteiger partial charge in [0.05, 0.1) is 23.2 Å². The molecule has 3 aromatic rings. The first-order valence-corrected chi connectivity index (χ1v) is 9.39. The van der Waals surface area contributed by atoms with Crippen molar-refractivity contribution in [1.29, 1.82) is 0 Å². The summed E-state index contributed by atoms with van der Waals surface area (Å²) >= 11 is 0. The first-order chi connectivity index (χ1) is 15.0. The van der Waals surface area contributed by atoms with E-state index in [1.54, 1.807) is 24.3 Å². The van der Waals surface area contributed by atoms with Crippen molar-refractivity contribution in [3.05, 3.63) is 99.6 Å². The molecule has 8 nitrogen and oxygen atoms in total. The van der Waals surface area contributed by atoms with Gasteiger partial charge in [-0.15, -0.1) is 0 Å². The van der Waals surface area contributed by atoms with Gasteiger partial charge in [0, 0.05) is 12.6 Å². The highest BCUT2D eigenvalue weighted by Crippen LogP contribution is 2.27. The second-order valence-electron chi connectivity index (χ2n) is 6.53. The van der Waals surface area contributed by atoms with Crippen LogP contribution >= 0.6 is 0 Å². The zero-order valence-electron chi connectivity index (χ0n) is 16.7. The summed E-state index contributed by atoms with van der Waals surface area (Å²) in [5.74, 6) is -0.907. The predicted molar refractivity (Wildman–Crippen MR) is 114 cm³/mol. The van der Waals surface area contributed by atoms with Crippen molar-refractivity contribution in [3.8, 4) is 5.75 Å². The molecule has 0 aromatic heterocycles. The number of nitrogens with zero attached hydrogens (tertiary/aromatic N) is 1. The molecular weight excluding hydrogens is 400 g/mol. The first kappa shape index (κ1) is 21.5. The summed E-state index contributed by atoms with van der Waals surface area (Å²) in [5, 5.41) is 14.5. The lowest BCUT2D eigenvalue weighted by Crippen LogP contribution is -2.15. The molecule has 0 aliphatic carbocycles. The standard InChI is InChI=1S/C23H20N2O6/c1-30-22-10-6-5-9-18(22)21(26)15-31-23(27)17-11-12-19(20(13-17)25(28)29)24-14-16-7-3-2-4-8-16/h2-13,24H,14-15H2,1H3. The molecule has 0 bridgehead atoms. The summed E-state index contributed by atoms with van der Waals surface area (Å²) < 4.78 is 10.2. The third-order valence-corrected chi connectivity index (χ3v) is 4.50. The van der Waals surface area contributed by atoms with E-state index in [1.807, 2.05) is 30.3 Å². The van der Waals surface area contributed by atoms with Crippen molar-refractivity contribution in [2.75, 3.05) is 19.0 Å². The second-order valence-corrected chi connectivity index (χ2v) is 6.53. The molecule has 31 heavy (non-hydrogen) atoms. The van der Waals surface area contributed by atoms with Crippen LogP contribution in [0.25, 0.3) is 0 Å². The molecule has 0 aliphatic heterocycles. The largest absolute Gasteiger partial charge is 0.496 e. The van der Waals surface area contributed by atoms with Crippen LogP contribution in [0.5, 0.6) is 5.75 Å². The van der Waals surface area contributed by atoms with Crippen LogP contribution in [0, 0.1) is 10.1 Å². The number of methoxy groups -OCH3 is 1. The van der Waals surface area contributed by atoms with Gasteiger partial charge in [0.15, 0.2) is 6.61 Å². The molecule has 0 radical (unpaired) electrons. The maximum atomic E-state index is 12.4. The van der Waals surface area contributed by atoms with E-state index in [0.717, 1.165) is 11.6 Å². The third-order valence-electron chi connectivity index (χ3n) is 4.50. The number of ketones is 1. The molecule has 0 amide bonds. The Balaban J connectivity index is 1.69. The lowest BCUT2D eigenvalue weighted by atomic mass is 10.1. The van der Waals surface area contributed by atoms with Crippen LogP contribution in [0.1, 0.15) is 26.3 Å². The molecule has 0 aliphatic rings. The Hall–Kier alpha value is -4.20. The van der Waals surface area contributed by atoms with Gasteiger partial charge in [-0.25, -0.2) is 4.79 Å². The van der Waals surface area contributed by atoms with Gasteiger partial charge in [0.25, 0.3) is 5.69 Å². The highest BCUT2D eigenvalue weighted by molar-refractivity contribution is 6.01. The topological polar surface area (TPSA) is 108 Å². The highest BCUT2D eigenvalue weighted by Gasteiger charge is 2.20. The van der Waals surface area contributed by atoms with Crippen LogP contribution in [0.4, 0.5) is 11.4 Å². The van der Waals surface area contributed by atoms with Gasteiger partial charge in [-0.1, -0.05) is 42.5 Å². The summed E-state index contributed by atoms with van der Waals surface area (Å²) in [6.07, 6.45) is 0. The Morgan fingerprint density at radius 3 is 2.42 bits per heavy atom. The number of ether oxygens (including phenoxy) is 2. The molecule has 0 spiro atoms. The van der Waals surface area contributed by atoms with E-state index in [9.17, 15) is 19.7 Å². The van der Waals surface area contributed by atoms with Gasteiger partial charge in [-0.2, -0.15) is 0 Å². The van der Waals surface area contributed by atoms with E-state index in [4.69, 9.17) is 9.47 Å². The highest BCUT2D eigenvalue weighted by atomic mass is 16.6. The number of esters is 1. The van der Waals surface area contributed by atoms with Gasteiger partial charge in [-0.05, 0) is 29.8 Å². The lowest BCUT2D eigenvalue weighted by molar-refractivity contribution is -0.384. The van der Waals surface area contributed by atoms with Gasteiger partial charge >= 0.3 is 5.97 Å². The van der Waals surface area contributed by atoms with Crippen molar-refractivity contribution in [3.63, 3.8) is 0 Å². The SMILES string of the molecule is COc1ccccc1C(=O)COC(=O)c1ccc(NCc2ccccc2)c([N+](=O)[O-])c1. The van der Waals surface area contributed by atoms with Crippen molar-refractivity contribution < 1.29 is 24.0 Å². The maximum absolute atomic E-state index is 12.4. The first-order valence-electron chi connectivity index (χ1n) is 9.39. The van der Waals surface area contributed by atoms with Crippen LogP contribution in [-0.2, 0) is 11.3 Å². The fraction of sp³-hybridized carbons (Fsp3) is 0.130. The number of anilines is 1. The van der Waals surface area contributed by atoms with Crippen LogP contribution in [0.15, 0.2) is 72.8 Å². The zero-order chi connectivity index (χ0) is 22.2. The number of carbonyl (C=O) groups excluding carboxylic acids is 2. The number of rotatable bonds is 9. The fourth-order valence-corrected chi connectivity index (χ4v) is 2.92. The van der Waals surface area contributed by atoms with Crippen LogP contribution < -0.4 is 10.1 Å². The van der Waals surface area contributed by atoms with Crippen LogP contribution in [0.2, 0.25) is 0 Å². The Labute approximate surface area is 178 Å². The number of nitro groups is 1. The van der Waals surface area contributed by atoms with Crippen molar-refractivity contribution in [2.24, 2.45) is 0 Å². The van der Waals surface area contributed by atoms with E-state index in [0.29, 0.717) is 12.3 Å². The average Bonchev–Trinajstić information content (AvgIpc) is 2.81. The summed E-state index contributed by atoms with van der Waals surface area (Å²) in [5.41, 5.74) is 1.22. The molecular formula is C23H20N2O6. The molecule has 0 unspecified atom stereocenters. The number of Topliss-reactive ketones (excluding diaryl/α,β-unsaturated/α-hetero) is 1. The quantitative estimate of drug-likeness (QED) is 0.238. The molecule has 0 saturated heterocycles. The van der Waals surface area contributed by atoms with Crippen molar-refractivity contribution in [2.45, 2.75) is 6.54 Å². The third kappa shape index (κ3) is 5.45. The predicted octanol–water partition coefficient (Wildman–Crippen LogP) is 4.26. The Kier molecular flexibility index (Phi) is 6.95. The Morgan fingerprint density at radius 2 is 1.71 bits per heavy atom. The molecule has 0 saturated carbocycles. The van der Waals surface area contributed by atoms with Crippen LogP contribution in [0.3, 0.4) is 0 Å². The van der Waals surface area contributed by atoms with Crippen molar-refractivity contribution in [1.82, 2.24) is 0 Å². The number of carbonyl (C=O) groups is 2. The molecule has 0 heterocycles. The number of hydrogen-bond donors (Lipinski definition) is 1. The smallest absolute Gasteiger partial charge is 0.338 e. The van der Waals surface area contributed by atoms with Crippen molar-refractivity contribution >= 4 is 23.1 Å². The molecule has 0 atom stereocenters. The fourth-order valence-electron chi connectivity index (χ4n) is 2.92. The molecule has 158 valence electrons. The number of hydrogen-bond acceptors (Lipinski definition) is 7. The van der Waals surface area contributed by atoms with Gasteiger partial charge in [0.1, 0.15) is 11.4 Å². The Bertz CT molecular complexity index is 1100.